The first-order valence-electron chi connectivity index (χ1n) is 6.52. The number of allylic oxidation sites excluding steroid dienone is 2. The molecule has 1 saturated heterocycles. The van der Waals surface area contributed by atoms with Gasteiger partial charge in [0.05, 0.1) is 4.75 Å². The third-order valence-electron chi connectivity index (χ3n) is 3.60. The van der Waals surface area contributed by atoms with E-state index in [9.17, 15) is 5.11 Å². The average molecular weight is 376 g/mol. The van der Waals surface area contributed by atoms with Gasteiger partial charge in [0.1, 0.15) is 4.93 Å². The molecule has 1 heterocycles. The van der Waals surface area contributed by atoms with Crippen molar-refractivity contribution < 1.29 is 5.11 Å². The molecule has 0 amide bonds. The van der Waals surface area contributed by atoms with Gasteiger partial charge >= 0.3 is 0 Å². The second kappa shape index (κ2) is 7.23. The number of rotatable bonds is 7. The number of thioether (sulfide) groups is 1. The van der Waals surface area contributed by atoms with Crippen molar-refractivity contribution in [3.8, 4) is 0 Å². The zero-order chi connectivity index (χ0) is 11.5. The summed E-state index contributed by atoms with van der Waals surface area (Å²) in [5.74, 6) is 0. The van der Waals surface area contributed by atoms with E-state index in [1.807, 2.05) is 12.2 Å². The average Bonchev–Trinajstić information content (AvgIpc) is 2.90. The molecule has 17 heavy (non-hydrogen) atoms. The van der Waals surface area contributed by atoms with E-state index in [0.717, 1.165) is 6.42 Å². The number of hydrogen-bond donors (Lipinski definition) is 1. The molecule has 1 aliphatic carbocycles. The summed E-state index contributed by atoms with van der Waals surface area (Å²) in [5.41, 5.74) is 0. The minimum atomic E-state index is -0.564. The van der Waals surface area contributed by atoms with Gasteiger partial charge in [0.2, 0.25) is 0 Å². The first-order chi connectivity index (χ1) is 7.72. The number of aliphatic hydroxyl groups is 1. The Morgan fingerprint density at radius 2 is 1.65 bits per heavy atom. The Labute approximate surface area is 150 Å². The van der Waals surface area contributed by atoms with Crippen molar-refractivity contribution in [2.75, 3.05) is 0 Å². The predicted octanol–water partition coefficient (Wildman–Crippen LogP) is 3.66. The Kier molecular flexibility index (Phi) is 6.98. The van der Waals surface area contributed by atoms with Gasteiger partial charge in [0, 0.05) is 48.9 Å². The normalized spacial score (nSPS) is 33.1. The van der Waals surface area contributed by atoms with Crippen LogP contribution in [0.1, 0.15) is 51.9 Å². The molecule has 0 saturated carbocycles. The Hall–Kier alpha value is 1.36. The molecule has 2 unspecified atom stereocenters. The summed E-state index contributed by atoms with van der Waals surface area (Å²) >= 11 is 1.70. The molecule has 0 spiro atoms. The zero-order valence-electron chi connectivity index (χ0n) is 10.8. The van der Waals surface area contributed by atoms with Crippen molar-refractivity contribution >= 4 is 60.6 Å². The van der Waals surface area contributed by atoms with Crippen LogP contribution in [0.5, 0.6) is 0 Å². The van der Waals surface area contributed by atoms with Crippen LogP contribution in [-0.2, 0) is 0 Å². The van der Waals surface area contributed by atoms with E-state index < -0.39 is 4.93 Å². The van der Waals surface area contributed by atoms with Crippen LogP contribution < -0.4 is 0 Å². The largest absolute Gasteiger partial charge is 0.374 e. The topological polar surface area (TPSA) is 20.2 Å². The molecule has 2 rings (SSSR count). The summed E-state index contributed by atoms with van der Waals surface area (Å²) in [7, 11) is 0. The molecule has 0 bridgehead atoms. The van der Waals surface area contributed by atoms with Gasteiger partial charge < -0.3 is 5.11 Å². The fourth-order valence-electron chi connectivity index (χ4n) is 2.46. The van der Waals surface area contributed by atoms with E-state index in [0.29, 0.717) is 0 Å². The van der Waals surface area contributed by atoms with Crippen molar-refractivity contribution in [1.29, 1.82) is 0 Å². The quantitative estimate of drug-likeness (QED) is 0.416. The van der Waals surface area contributed by atoms with E-state index in [1.165, 1.54) is 38.5 Å². The van der Waals surface area contributed by atoms with Crippen LogP contribution in [0.15, 0.2) is 24.3 Å². The van der Waals surface area contributed by atoms with Gasteiger partial charge in [-0.3, -0.25) is 0 Å². The second-order valence-corrected chi connectivity index (χ2v) is 6.48. The standard InChI is InChI=1S/C14H22OS.Ba/c1-2-3-4-5-6-7-10-13-11-8-9-12-14(13,15)16-13;/h8-9,11-12,15H,2-7,10H2,1H3;. The summed E-state index contributed by atoms with van der Waals surface area (Å²) in [6.07, 6.45) is 17.3. The molecule has 0 aromatic carbocycles. The molecule has 1 aliphatic heterocycles. The van der Waals surface area contributed by atoms with Crippen molar-refractivity contribution in [3.05, 3.63) is 24.3 Å². The van der Waals surface area contributed by atoms with Crippen LogP contribution in [0.3, 0.4) is 0 Å². The molecule has 0 aromatic rings. The van der Waals surface area contributed by atoms with Gasteiger partial charge in [-0.1, -0.05) is 63.7 Å². The molecule has 92 valence electrons. The minimum absolute atomic E-state index is 0. The van der Waals surface area contributed by atoms with Gasteiger partial charge in [-0.2, -0.15) is 0 Å². The van der Waals surface area contributed by atoms with Crippen molar-refractivity contribution in [3.63, 3.8) is 0 Å². The van der Waals surface area contributed by atoms with Gasteiger partial charge in [-0.05, 0) is 12.5 Å². The smallest absolute Gasteiger partial charge is 0.148 e. The molecule has 3 heteroatoms. The SMILES string of the molecule is CCCCCCCCC12C=CC=CC1(O)S2.[Ba]. The van der Waals surface area contributed by atoms with E-state index in [2.05, 4.69) is 19.1 Å². The molecular formula is C14H22BaOS. The third kappa shape index (κ3) is 3.91. The van der Waals surface area contributed by atoms with Gasteiger partial charge in [0.25, 0.3) is 0 Å². The predicted molar refractivity (Wildman–Crippen MR) is 77.3 cm³/mol. The summed E-state index contributed by atoms with van der Waals surface area (Å²) in [5, 5.41) is 10.2. The van der Waals surface area contributed by atoms with Crippen LogP contribution in [0, 0.1) is 0 Å². The summed E-state index contributed by atoms with van der Waals surface area (Å²) in [6.45, 7) is 2.25. The Bertz CT molecular complexity index is 303. The molecule has 2 aliphatic rings. The number of unbranched alkanes of at least 4 members (excludes halogenated alkanes) is 5. The Balaban J connectivity index is 0.00000144. The van der Waals surface area contributed by atoms with Crippen LogP contribution >= 0.6 is 11.8 Å². The molecule has 1 nitrogen and oxygen atoms in total. The van der Waals surface area contributed by atoms with Gasteiger partial charge in [-0.25, -0.2) is 0 Å². The van der Waals surface area contributed by atoms with E-state index in [4.69, 9.17) is 0 Å². The maximum atomic E-state index is 10.2. The zero-order valence-corrected chi connectivity index (χ0v) is 16.1. The molecule has 0 aromatic heterocycles. The molecule has 2 atom stereocenters. The summed E-state index contributed by atoms with van der Waals surface area (Å²) in [4.78, 5) is -0.564. The summed E-state index contributed by atoms with van der Waals surface area (Å²) in [6, 6.07) is 0. The molecule has 1 N–H and O–H groups in total. The van der Waals surface area contributed by atoms with Crippen LogP contribution in [0.25, 0.3) is 0 Å². The molecule has 2 radical (unpaired) electrons. The molecular weight excluding hydrogens is 354 g/mol. The van der Waals surface area contributed by atoms with Crippen molar-refractivity contribution in [1.82, 2.24) is 0 Å². The fraction of sp³-hybridized carbons (Fsp3) is 0.714. The van der Waals surface area contributed by atoms with Crippen LogP contribution in [0.4, 0.5) is 0 Å². The fourth-order valence-corrected chi connectivity index (χ4v) is 3.74. The first kappa shape index (κ1) is 16.4. The third-order valence-corrected chi connectivity index (χ3v) is 5.23. The maximum Gasteiger partial charge on any atom is 0.148 e. The minimum Gasteiger partial charge on any atom is -0.374 e. The Morgan fingerprint density at radius 3 is 2.35 bits per heavy atom. The number of hydrogen-bond acceptors (Lipinski definition) is 2. The van der Waals surface area contributed by atoms with E-state index >= 15 is 0 Å². The van der Waals surface area contributed by atoms with Crippen LogP contribution in [-0.4, -0.2) is 63.7 Å². The van der Waals surface area contributed by atoms with Gasteiger partial charge in [0.15, 0.2) is 0 Å². The van der Waals surface area contributed by atoms with Crippen molar-refractivity contribution in [2.24, 2.45) is 0 Å². The monoisotopic (exact) mass is 376 g/mol. The van der Waals surface area contributed by atoms with E-state index in [-0.39, 0.29) is 53.6 Å². The maximum absolute atomic E-state index is 10.2. The molecule has 1 fully saturated rings. The Morgan fingerprint density at radius 1 is 1.00 bits per heavy atom. The van der Waals surface area contributed by atoms with E-state index in [1.54, 1.807) is 11.8 Å². The second-order valence-electron chi connectivity index (χ2n) is 4.92. The van der Waals surface area contributed by atoms with Crippen LogP contribution in [0.2, 0.25) is 0 Å². The van der Waals surface area contributed by atoms with Crippen molar-refractivity contribution in [2.45, 2.75) is 61.5 Å². The summed E-state index contributed by atoms with van der Waals surface area (Å²) < 4.78 is 0.0342. The van der Waals surface area contributed by atoms with Gasteiger partial charge in [-0.15, -0.1) is 11.8 Å². The number of fused-ring (bicyclic) bond motifs is 1. The first-order valence-corrected chi connectivity index (χ1v) is 7.34.